The van der Waals surface area contributed by atoms with E-state index in [9.17, 15) is 8.78 Å². The Kier molecular flexibility index (Phi) is 4.06. The molecule has 0 heterocycles. The molecule has 2 aliphatic rings. The van der Waals surface area contributed by atoms with Gasteiger partial charge in [0.2, 0.25) is 0 Å². The van der Waals surface area contributed by atoms with Crippen LogP contribution in [0.4, 0.5) is 8.78 Å². The molecule has 0 aliphatic heterocycles. The van der Waals surface area contributed by atoms with Crippen LogP contribution in [0.5, 0.6) is 0 Å². The van der Waals surface area contributed by atoms with E-state index in [-0.39, 0.29) is 0 Å². The summed E-state index contributed by atoms with van der Waals surface area (Å²) in [5.41, 5.74) is 0.779. The second-order valence-electron chi connectivity index (χ2n) is 6.38. The molecule has 1 aromatic carbocycles. The summed E-state index contributed by atoms with van der Waals surface area (Å²) in [6.07, 6.45) is 5.89. The van der Waals surface area contributed by atoms with Crippen molar-refractivity contribution in [1.29, 1.82) is 0 Å². The van der Waals surface area contributed by atoms with E-state index in [1.165, 1.54) is 31.4 Å². The van der Waals surface area contributed by atoms with Crippen molar-refractivity contribution in [3.05, 3.63) is 35.4 Å². The third kappa shape index (κ3) is 2.88. The van der Waals surface area contributed by atoms with E-state index >= 15 is 0 Å². The van der Waals surface area contributed by atoms with Crippen molar-refractivity contribution in [2.45, 2.75) is 45.1 Å². The van der Waals surface area contributed by atoms with Crippen LogP contribution in [-0.4, -0.2) is 12.6 Å². The molecule has 3 heteroatoms. The van der Waals surface area contributed by atoms with Crippen molar-refractivity contribution in [3.63, 3.8) is 0 Å². The van der Waals surface area contributed by atoms with Gasteiger partial charge in [0.1, 0.15) is 11.6 Å². The minimum Gasteiger partial charge on any atom is -0.313 e. The zero-order valence-corrected chi connectivity index (χ0v) is 12.0. The largest absolute Gasteiger partial charge is 0.313 e. The molecule has 3 rings (SSSR count). The first-order valence-corrected chi connectivity index (χ1v) is 7.87. The molecule has 1 aromatic rings. The lowest BCUT2D eigenvalue weighted by atomic mass is 9.97. The molecule has 1 nitrogen and oxygen atoms in total. The Hall–Kier alpha value is -0.960. The quantitative estimate of drug-likeness (QED) is 0.832. The van der Waals surface area contributed by atoms with Gasteiger partial charge in [0.15, 0.2) is 0 Å². The van der Waals surface area contributed by atoms with Crippen LogP contribution in [0, 0.1) is 29.4 Å². The minimum absolute atomic E-state index is 0.381. The van der Waals surface area contributed by atoms with E-state index in [1.807, 2.05) is 0 Å². The molecule has 0 spiro atoms. The van der Waals surface area contributed by atoms with Crippen LogP contribution in [0.25, 0.3) is 0 Å². The highest BCUT2D eigenvalue weighted by molar-refractivity contribution is 5.20. The van der Waals surface area contributed by atoms with Crippen LogP contribution in [0.15, 0.2) is 18.2 Å². The summed E-state index contributed by atoms with van der Waals surface area (Å²) in [6, 6.07) is 4.28. The van der Waals surface area contributed by atoms with Gasteiger partial charge in [0.25, 0.3) is 0 Å². The zero-order chi connectivity index (χ0) is 14.1. The van der Waals surface area contributed by atoms with Gasteiger partial charge < -0.3 is 5.32 Å². The van der Waals surface area contributed by atoms with Crippen LogP contribution in [0.3, 0.4) is 0 Å². The average Bonchev–Trinajstić information content (AvgIpc) is 2.86. The number of benzene rings is 1. The fraction of sp³-hybridized carbons (Fsp3) is 0.647. The summed E-state index contributed by atoms with van der Waals surface area (Å²) in [5.74, 6) is 1.52. The van der Waals surface area contributed by atoms with Crippen LogP contribution in [-0.2, 0) is 6.42 Å². The van der Waals surface area contributed by atoms with Gasteiger partial charge in [-0.2, -0.15) is 0 Å². The molecule has 0 radical (unpaired) electrons. The third-order valence-corrected chi connectivity index (χ3v) is 4.97. The number of hydrogen-bond donors (Lipinski definition) is 1. The van der Waals surface area contributed by atoms with E-state index in [1.54, 1.807) is 0 Å². The maximum atomic E-state index is 13.3. The highest BCUT2D eigenvalue weighted by atomic mass is 19.1. The molecule has 0 aromatic heterocycles. The summed E-state index contributed by atoms with van der Waals surface area (Å²) in [6.45, 7) is 3.14. The molecule has 3 unspecified atom stereocenters. The van der Waals surface area contributed by atoms with E-state index in [4.69, 9.17) is 0 Å². The average molecular weight is 279 g/mol. The lowest BCUT2D eigenvalue weighted by Crippen LogP contribution is -2.35. The highest BCUT2D eigenvalue weighted by Crippen LogP contribution is 2.59. The van der Waals surface area contributed by atoms with Gasteiger partial charge in [-0.15, -0.1) is 0 Å². The molecule has 2 aliphatic carbocycles. The third-order valence-electron chi connectivity index (χ3n) is 4.97. The Morgan fingerprint density at radius 2 is 1.80 bits per heavy atom. The van der Waals surface area contributed by atoms with Gasteiger partial charge >= 0.3 is 0 Å². The topological polar surface area (TPSA) is 12.0 Å². The van der Waals surface area contributed by atoms with Crippen LogP contribution < -0.4 is 5.32 Å². The number of rotatable bonds is 6. The standard InChI is InChI=1S/C17H23F2N/c1-2-6-20-16(17-14-4-3-5-15(14)17)9-11-7-12(18)10-13(19)8-11/h7-8,10,14-17,20H,2-6,9H2,1H3. The van der Waals surface area contributed by atoms with Gasteiger partial charge in [0.05, 0.1) is 0 Å². The molecule has 0 bridgehead atoms. The van der Waals surface area contributed by atoms with Crippen molar-refractivity contribution in [2.75, 3.05) is 6.54 Å². The Balaban J connectivity index is 1.69. The molecular formula is C17H23F2N. The second-order valence-corrected chi connectivity index (χ2v) is 6.38. The van der Waals surface area contributed by atoms with E-state index in [2.05, 4.69) is 12.2 Å². The second kappa shape index (κ2) is 5.80. The predicted molar refractivity (Wildman–Crippen MR) is 76.5 cm³/mol. The Morgan fingerprint density at radius 3 is 2.40 bits per heavy atom. The minimum atomic E-state index is -0.467. The fourth-order valence-electron chi connectivity index (χ4n) is 4.13. The molecule has 110 valence electrons. The number of hydrogen-bond acceptors (Lipinski definition) is 1. The Morgan fingerprint density at radius 1 is 1.15 bits per heavy atom. The molecule has 2 fully saturated rings. The smallest absolute Gasteiger partial charge is 0.126 e. The molecule has 20 heavy (non-hydrogen) atoms. The summed E-state index contributed by atoms with van der Waals surface area (Å²) >= 11 is 0. The van der Waals surface area contributed by atoms with Crippen molar-refractivity contribution in [1.82, 2.24) is 5.32 Å². The van der Waals surface area contributed by atoms with Crippen LogP contribution in [0.1, 0.15) is 38.2 Å². The van der Waals surface area contributed by atoms with E-state index < -0.39 is 11.6 Å². The molecular weight excluding hydrogens is 256 g/mol. The maximum Gasteiger partial charge on any atom is 0.126 e. The molecule has 3 atom stereocenters. The normalized spacial score (nSPS) is 29.2. The maximum absolute atomic E-state index is 13.3. The van der Waals surface area contributed by atoms with Crippen LogP contribution >= 0.6 is 0 Å². The predicted octanol–water partition coefficient (Wildman–Crippen LogP) is 3.92. The van der Waals surface area contributed by atoms with Gasteiger partial charge in [-0.3, -0.25) is 0 Å². The first-order valence-electron chi connectivity index (χ1n) is 7.87. The first kappa shape index (κ1) is 14.0. The lowest BCUT2D eigenvalue weighted by Gasteiger charge is -2.20. The van der Waals surface area contributed by atoms with Gasteiger partial charge in [-0.1, -0.05) is 13.3 Å². The molecule has 2 saturated carbocycles. The van der Waals surface area contributed by atoms with Crippen LogP contribution in [0.2, 0.25) is 0 Å². The Bertz CT molecular complexity index is 444. The molecule has 0 saturated heterocycles. The van der Waals surface area contributed by atoms with Crippen molar-refractivity contribution < 1.29 is 8.78 Å². The first-order chi connectivity index (χ1) is 9.69. The van der Waals surface area contributed by atoms with E-state index in [0.717, 1.165) is 48.8 Å². The van der Waals surface area contributed by atoms with E-state index in [0.29, 0.717) is 6.04 Å². The highest BCUT2D eigenvalue weighted by Gasteiger charge is 2.55. The number of nitrogens with one attached hydrogen (secondary N) is 1. The summed E-state index contributed by atoms with van der Waals surface area (Å²) < 4.78 is 26.6. The summed E-state index contributed by atoms with van der Waals surface area (Å²) in [4.78, 5) is 0. The van der Waals surface area contributed by atoms with Gasteiger partial charge in [-0.05, 0) is 67.7 Å². The Labute approximate surface area is 119 Å². The van der Waals surface area contributed by atoms with Crippen molar-refractivity contribution in [3.8, 4) is 0 Å². The number of halogens is 2. The molecule has 0 amide bonds. The lowest BCUT2D eigenvalue weighted by molar-refractivity contribution is 0.402. The van der Waals surface area contributed by atoms with Crippen molar-refractivity contribution in [2.24, 2.45) is 17.8 Å². The fourth-order valence-corrected chi connectivity index (χ4v) is 4.13. The number of fused-ring (bicyclic) bond motifs is 1. The SMILES string of the molecule is CCCNC(Cc1cc(F)cc(F)c1)C1C2CCCC21. The zero-order valence-electron chi connectivity index (χ0n) is 12.0. The summed E-state index contributed by atoms with van der Waals surface area (Å²) in [7, 11) is 0. The van der Waals surface area contributed by atoms with Gasteiger partial charge in [0, 0.05) is 12.1 Å². The van der Waals surface area contributed by atoms with Crippen molar-refractivity contribution >= 4 is 0 Å². The monoisotopic (exact) mass is 279 g/mol. The van der Waals surface area contributed by atoms with Gasteiger partial charge in [-0.25, -0.2) is 8.78 Å². The summed E-state index contributed by atoms with van der Waals surface area (Å²) in [5, 5.41) is 3.60. The molecule has 1 N–H and O–H groups in total.